The zero-order valence-corrected chi connectivity index (χ0v) is 7.46. The van der Waals surface area contributed by atoms with Crippen molar-refractivity contribution in [2.45, 2.75) is 0 Å². The SMILES string of the molecule is CN(C)NNc1nc[nH]c1C(N)=O. The number of aromatic nitrogens is 2. The van der Waals surface area contributed by atoms with Crippen LogP contribution in [0, 0.1) is 0 Å². The molecule has 0 spiro atoms. The number of imidazole rings is 1. The Morgan fingerprint density at radius 2 is 2.38 bits per heavy atom. The first-order valence-corrected chi connectivity index (χ1v) is 3.63. The molecule has 72 valence electrons. The van der Waals surface area contributed by atoms with Crippen molar-refractivity contribution < 1.29 is 4.79 Å². The summed E-state index contributed by atoms with van der Waals surface area (Å²) in [5.74, 6) is -0.179. The van der Waals surface area contributed by atoms with Gasteiger partial charge in [-0.1, -0.05) is 0 Å². The van der Waals surface area contributed by atoms with E-state index in [1.54, 1.807) is 19.1 Å². The molecule has 1 amide bonds. The van der Waals surface area contributed by atoms with Crippen molar-refractivity contribution in [3.8, 4) is 0 Å². The molecule has 0 aliphatic rings. The molecule has 0 aromatic carbocycles. The fraction of sp³-hybridized carbons (Fsp3) is 0.333. The van der Waals surface area contributed by atoms with Gasteiger partial charge < -0.3 is 10.7 Å². The number of rotatable bonds is 4. The lowest BCUT2D eigenvalue weighted by Gasteiger charge is -2.12. The second-order valence-corrected chi connectivity index (χ2v) is 2.62. The highest BCUT2D eigenvalue weighted by atomic mass is 16.1. The normalized spacial score (nSPS) is 10.4. The van der Waals surface area contributed by atoms with E-state index in [0.29, 0.717) is 5.82 Å². The first-order valence-electron chi connectivity index (χ1n) is 3.63. The number of carbonyl (C=O) groups is 1. The molecule has 0 aliphatic heterocycles. The molecule has 0 radical (unpaired) electrons. The maximum atomic E-state index is 10.8. The van der Waals surface area contributed by atoms with E-state index in [1.165, 1.54) is 6.33 Å². The van der Waals surface area contributed by atoms with Crippen LogP contribution in [-0.2, 0) is 0 Å². The van der Waals surface area contributed by atoms with Gasteiger partial charge >= 0.3 is 0 Å². The summed E-state index contributed by atoms with van der Waals surface area (Å²) in [6, 6.07) is 0. The number of hydrazine groups is 2. The molecule has 0 atom stereocenters. The van der Waals surface area contributed by atoms with Gasteiger partial charge in [0.15, 0.2) is 5.82 Å². The number of nitrogens with two attached hydrogens (primary N) is 1. The van der Waals surface area contributed by atoms with Crippen LogP contribution in [0.25, 0.3) is 0 Å². The van der Waals surface area contributed by atoms with Gasteiger partial charge in [-0.2, -0.15) is 5.53 Å². The van der Waals surface area contributed by atoms with Crippen molar-refractivity contribution >= 4 is 11.7 Å². The Balaban J connectivity index is 2.65. The quantitative estimate of drug-likeness (QED) is 0.445. The van der Waals surface area contributed by atoms with E-state index >= 15 is 0 Å². The lowest BCUT2D eigenvalue weighted by atomic mass is 10.4. The Morgan fingerprint density at radius 1 is 1.69 bits per heavy atom. The third-order valence-electron chi connectivity index (χ3n) is 1.28. The monoisotopic (exact) mass is 184 g/mol. The molecule has 7 heteroatoms. The maximum absolute atomic E-state index is 10.8. The Hall–Kier alpha value is -1.60. The van der Waals surface area contributed by atoms with E-state index in [-0.39, 0.29) is 5.69 Å². The molecular formula is C6H12N6O. The summed E-state index contributed by atoms with van der Waals surface area (Å²) in [7, 11) is 3.59. The molecule has 1 aromatic rings. The van der Waals surface area contributed by atoms with E-state index in [1.807, 2.05) is 0 Å². The number of hydrogen-bond donors (Lipinski definition) is 4. The van der Waals surface area contributed by atoms with Gasteiger partial charge in [0.25, 0.3) is 5.91 Å². The molecule has 13 heavy (non-hydrogen) atoms. The summed E-state index contributed by atoms with van der Waals surface area (Å²) in [5, 5.41) is 1.67. The first-order chi connectivity index (χ1) is 6.11. The standard InChI is InChI=1S/C6H12N6O/c1-12(2)11-10-6-4(5(7)13)8-3-9-6/h3,10-11H,1-2H3,(H2,7,13)(H,8,9). The molecule has 1 rings (SSSR count). The van der Waals surface area contributed by atoms with Crippen molar-refractivity contribution in [3.05, 3.63) is 12.0 Å². The first kappa shape index (κ1) is 9.49. The van der Waals surface area contributed by atoms with Crippen LogP contribution < -0.4 is 16.7 Å². The van der Waals surface area contributed by atoms with E-state index in [0.717, 1.165) is 0 Å². The van der Waals surface area contributed by atoms with Gasteiger partial charge in [0.05, 0.1) is 6.33 Å². The van der Waals surface area contributed by atoms with Crippen LogP contribution in [0.3, 0.4) is 0 Å². The minimum Gasteiger partial charge on any atom is -0.364 e. The smallest absolute Gasteiger partial charge is 0.269 e. The number of nitrogens with zero attached hydrogens (tertiary/aromatic N) is 2. The second-order valence-electron chi connectivity index (χ2n) is 2.62. The lowest BCUT2D eigenvalue weighted by molar-refractivity contribution is 0.0996. The van der Waals surface area contributed by atoms with Crippen LogP contribution in [0.4, 0.5) is 5.82 Å². The van der Waals surface area contributed by atoms with Crippen LogP contribution in [-0.4, -0.2) is 35.0 Å². The molecule has 0 aliphatic carbocycles. The molecule has 5 N–H and O–H groups in total. The topological polar surface area (TPSA) is 99.1 Å². The summed E-state index contributed by atoms with van der Waals surface area (Å²) in [5.41, 5.74) is 10.8. The van der Waals surface area contributed by atoms with Crippen molar-refractivity contribution in [2.75, 3.05) is 19.5 Å². The van der Waals surface area contributed by atoms with Gasteiger partial charge in [0.1, 0.15) is 5.69 Å². The summed E-state index contributed by atoms with van der Waals surface area (Å²) in [6.45, 7) is 0. The average Bonchev–Trinajstić information content (AvgIpc) is 2.47. The Bertz CT molecular complexity index is 293. The third-order valence-corrected chi connectivity index (χ3v) is 1.28. The summed E-state index contributed by atoms with van der Waals surface area (Å²) in [6.07, 6.45) is 1.39. The molecule has 0 unspecified atom stereocenters. The number of nitrogens with one attached hydrogen (secondary N) is 3. The number of aromatic amines is 1. The van der Waals surface area contributed by atoms with Gasteiger partial charge in [-0.25, -0.2) is 9.99 Å². The van der Waals surface area contributed by atoms with Crippen LogP contribution in [0.15, 0.2) is 6.33 Å². The largest absolute Gasteiger partial charge is 0.364 e. The van der Waals surface area contributed by atoms with Gasteiger partial charge in [-0.05, 0) is 0 Å². The van der Waals surface area contributed by atoms with Crippen molar-refractivity contribution in [3.63, 3.8) is 0 Å². The van der Waals surface area contributed by atoms with E-state index < -0.39 is 5.91 Å². The predicted octanol–water partition coefficient (Wildman–Crippen LogP) is -1.10. The average molecular weight is 184 g/mol. The van der Waals surface area contributed by atoms with Crippen LogP contribution in [0.2, 0.25) is 0 Å². The summed E-state index contributed by atoms with van der Waals surface area (Å²) >= 11 is 0. The van der Waals surface area contributed by atoms with Crippen molar-refractivity contribution in [1.29, 1.82) is 0 Å². The number of H-pyrrole nitrogens is 1. The van der Waals surface area contributed by atoms with Crippen LogP contribution >= 0.6 is 0 Å². The number of amides is 1. The minimum atomic E-state index is -0.555. The molecular weight excluding hydrogens is 172 g/mol. The third kappa shape index (κ3) is 2.42. The van der Waals surface area contributed by atoms with Crippen molar-refractivity contribution in [2.24, 2.45) is 5.73 Å². The fourth-order valence-electron chi connectivity index (χ4n) is 0.742. The van der Waals surface area contributed by atoms with Gasteiger partial charge in [0, 0.05) is 14.1 Å². The number of carbonyl (C=O) groups excluding carboxylic acids is 1. The van der Waals surface area contributed by atoms with Gasteiger partial charge in [-0.15, -0.1) is 0 Å². The Labute approximate surface area is 75.3 Å². The highest BCUT2D eigenvalue weighted by Crippen LogP contribution is 2.05. The number of anilines is 1. The maximum Gasteiger partial charge on any atom is 0.269 e. The fourth-order valence-corrected chi connectivity index (χ4v) is 0.742. The number of hydrogen-bond acceptors (Lipinski definition) is 5. The zero-order valence-electron chi connectivity index (χ0n) is 7.46. The molecule has 0 bridgehead atoms. The predicted molar refractivity (Wildman–Crippen MR) is 47.6 cm³/mol. The van der Waals surface area contributed by atoms with E-state index in [2.05, 4.69) is 20.9 Å². The van der Waals surface area contributed by atoms with Crippen LogP contribution in [0.1, 0.15) is 10.5 Å². The Kier molecular flexibility index (Phi) is 2.83. The van der Waals surface area contributed by atoms with E-state index in [4.69, 9.17) is 5.73 Å². The van der Waals surface area contributed by atoms with Gasteiger partial charge in [0.2, 0.25) is 0 Å². The highest BCUT2D eigenvalue weighted by Gasteiger charge is 2.09. The molecule has 0 saturated heterocycles. The van der Waals surface area contributed by atoms with Gasteiger partial charge in [-0.3, -0.25) is 10.2 Å². The minimum absolute atomic E-state index is 0.245. The molecule has 1 heterocycles. The highest BCUT2D eigenvalue weighted by molar-refractivity contribution is 5.95. The second kappa shape index (κ2) is 3.87. The molecule has 1 aromatic heterocycles. The molecule has 0 saturated carbocycles. The zero-order chi connectivity index (χ0) is 9.84. The summed E-state index contributed by atoms with van der Waals surface area (Å²) in [4.78, 5) is 17.3. The van der Waals surface area contributed by atoms with Crippen molar-refractivity contribution in [1.82, 2.24) is 20.5 Å². The summed E-state index contributed by atoms with van der Waals surface area (Å²) < 4.78 is 0. The molecule has 7 nitrogen and oxygen atoms in total. The van der Waals surface area contributed by atoms with Crippen LogP contribution in [0.5, 0.6) is 0 Å². The lowest BCUT2D eigenvalue weighted by Crippen LogP contribution is -2.36. The Morgan fingerprint density at radius 3 is 2.92 bits per heavy atom. The molecule has 0 fully saturated rings. The number of primary amides is 1. The van der Waals surface area contributed by atoms with E-state index in [9.17, 15) is 4.79 Å².